The highest BCUT2D eigenvalue weighted by Gasteiger charge is 2.14. The summed E-state index contributed by atoms with van der Waals surface area (Å²) in [5.41, 5.74) is 9.44. The molecule has 0 aliphatic heterocycles. The molecule has 0 amide bonds. The van der Waals surface area contributed by atoms with Crippen LogP contribution >= 0.6 is 15.9 Å². The topological polar surface area (TPSA) is 66.0 Å². The lowest BCUT2D eigenvalue weighted by atomic mass is 10.3. The quantitative estimate of drug-likeness (QED) is 0.783. The molecular formula is C14H13BrN4O. The Labute approximate surface area is 124 Å². The number of methoxy groups -OCH3 is 1. The number of anilines is 1. The highest BCUT2D eigenvalue weighted by Crippen LogP contribution is 2.30. The highest BCUT2D eigenvalue weighted by molar-refractivity contribution is 9.10. The van der Waals surface area contributed by atoms with Crippen LogP contribution in [-0.4, -0.2) is 21.6 Å². The van der Waals surface area contributed by atoms with Crippen molar-refractivity contribution in [3.63, 3.8) is 0 Å². The molecule has 5 nitrogen and oxygen atoms in total. The molecule has 0 spiro atoms. The molecule has 0 atom stereocenters. The van der Waals surface area contributed by atoms with E-state index in [-0.39, 0.29) is 0 Å². The van der Waals surface area contributed by atoms with Gasteiger partial charge < -0.3 is 10.5 Å². The number of nitrogen functional groups attached to an aromatic ring is 1. The van der Waals surface area contributed by atoms with Gasteiger partial charge in [-0.15, -0.1) is 0 Å². The number of imidazole rings is 1. The molecular weight excluding hydrogens is 320 g/mol. The lowest BCUT2D eigenvalue weighted by molar-refractivity contribution is 0.414. The van der Waals surface area contributed by atoms with Gasteiger partial charge in [-0.25, -0.2) is 9.97 Å². The van der Waals surface area contributed by atoms with Crippen LogP contribution in [0.25, 0.3) is 16.9 Å². The number of aryl methyl sites for hydroxylation is 1. The standard InChI is InChI=1S/C14H13BrN4O/c1-8-5-11-13(17-7-8)19(14(16)18-11)12-6-9(20-2)3-4-10(12)15/h3-7H,1-2H3,(H2,16,18). The Morgan fingerprint density at radius 2 is 2.10 bits per heavy atom. The predicted molar refractivity (Wildman–Crippen MR) is 82.3 cm³/mol. The van der Waals surface area contributed by atoms with Crippen molar-refractivity contribution in [2.45, 2.75) is 6.92 Å². The molecule has 0 radical (unpaired) electrons. The van der Waals surface area contributed by atoms with Gasteiger partial charge in [-0.1, -0.05) is 0 Å². The summed E-state index contributed by atoms with van der Waals surface area (Å²) in [6, 6.07) is 7.64. The molecule has 0 saturated heterocycles. The number of hydrogen-bond donors (Lipinski definition) is 1. The SMILES string of the molecule is COc1ccc(Br)c(-n2c(N)nc3cc(C)cnc32)c1. The Bertz CT molecular complexity index is 797. The second-order valence-corrected chi connectivity index (χ2v) is 5.33. The van der Waals surface area contributed by atoms with E-state index < -0.39 is 0 Å². The molecule has 0 unspecified atom stereocenters. The van der Waals surface area contributed by atoms with Crippen LogP contribution in [0.3, 0.4) is 0 Å². The number of benzene rings is 1. The van der Waals surface area contributed by atoms with Crippen LogP contribution in [0.2, 0.25) is 0 Å². The third-order valence-corrected chi connectivity index (χ3v) is 3.72. The molecule has 1 aromatic carbocycles. The Hall–Kier alpha value is -2.08. The van der Waals surface area contributed by atoms with Crippen LogP contribution in [0.4, 0.5) is 5.95 Å². The molecule has 0 bridgehead atoms. The average molecular weight is 333 g/mol. The number of nitrogens with two attached hydrogens (primary N) is 1. The van der Waals surface area contributed by atoms with E-state index in [9.17, 15) is 0 Å². The zero-order valence-electron chi connectivity index (χ0n) is 11.1. The van der Waals surface area contributed by atoms with Crippen molar-refractivity contribution >= 4 is 33.0 Å². The molecule has 2 heterocycles. The Balaban J connectivity index is 2.31. The first-order valence-corrected chi connectivity index (χ1v) is 6.84. The molecule has 20 heavy (non-hydrogen) atoms. The molecule has 0 aliphatic carbocycles. The predicted octanol–water partition coefficient (Wildman–Crippen LogP) is 3.08. The second-order valence-electron chi connectivity index (χ2n) is 4.48. The first-order chi connectivity index (χ1) is 9.60. The first-order valence-electron chi connectivity index (χ1n) is 6.04. The van der Waals surface area contributed by atoms with E-state index >= 15 is 0 Å². The van der Waals surface area contributed by atoms with Crippen molar-refractivity contribution in [3.8, 4) is 11.4 Å². The van der Waals surface area contributed by atoms with E-state index in [4.69, 9.17) is 10.5 Å². The minimum absolute atomic E-state index is 0.395. The molecule has 2 N–H and O–H groups in total. The van der Waals surface area contributed by atoms with E-state index in [1.54, 1.807) is 17.9 Å². The zero-order chi connectivity index (χ0) is 14.3. The summed E-state index contributed by atoms with van der Waals surface area (Å²) < 4.78 is 7.97. The molecule has 0 fully saturated rings. The summed E-state index contributed by atoms with van der Waals surface area (Å²) in [5.74, 6) is 1.14. The van der Waals surface area contributed by atoms with E-state index in [0.29, 0.717) is 5.95 Å². The van der Waals surface area contributed by atoms with Gasteiger partial charge >= 0.3 is 0 Å². The smallest absolute Gasteiger partial charge is 0.207 e. The maximum absolute atomic E-state index is 6.05. The monoisotopic (exact) mass is 332 g/mol. The van der Waals surface area contributed by atoms with Gasteiger partial charge in [0.25, 0.3) is 0 Å². The van der Waals surface area contributed by atoms with Crippen LogP contribution < -0.4 is 10.5 Å². The minimum atomic E-state index is 0.395. The van der Waals surface area contributed by atoms with E-state index in [1.165, 1.54) is 0 Å². The number of ether oxygens (including phenoxy) is 1. The number of pyridine rings is 1. The van der Waals surface area contributed by atoms with Crippen molar-refractivity contribution < 1.29 is 4.74 Å². The van der Waals surface area contributed by atoms with Crippen LogP contribution in [0.5, 0.6) is 5.75 Å². The van der Waals surface area contributed by atoms with Crippen molar-refractivity contribution in [3.05, 3.63) is 40.5 Å². The molecule has 3 rings (SSSR count). The molecule has 6 heteroatoms. The normalized spacial score (nSPS) is 10.9. The summed E-state index contributed by atoms with van der Waals surface area (Å²) in [5, 5.41) is 0. The fourth-order valence-corrected chi connectivity index (χ4v) is 2.54. The summed E-state index contributed by atoms with van der Waals surface area (Å²) in [4.78, 5) is 8.80. The van der Waals surface area contributed by atoms with Crippen molar-refractivity contribution in [2.24, 2.45) is 0 Å². The lowest BCUT2D eigenvalue weighted by Crippen LogP contribution is -2.02. The molecule has 2 aromatic heterocycles. The van der Waals surface area contributed by atoms with Gasteiger partial charge in [-0.05, 0) is 46.6 Å². The Morgan fingerprint density at radius 1 is 1.30 bits per heavy atom. The van der Waals surface area contributed by atoms with Gasteiger partial charge in [-0.3, -0.25) is 4.57 Å². The fraction of sp³-hybridized carbons (Fsp3) is 0.143. The molecule has 102 valence electrons. The Kier molecular flexibility index (Phi) is 3.10. The number of nitrogens with zero attached hydrogens (tertiary/aromatic N) is 3. The maximum Gasteiger partial charge on any atom is 0.207 e. The molecule has 3 aromatic rings. The first kappa shape index (κ1) is 12.9. The van der Waals surface area contributed by atoms with Gasteiger partial charge in [-0.2, -0.15) is 0 Å². The van der Waals surface area contributed by atoms with Crippen molar-refractivity contribution in [2.75, 3.05) is 12.8 Å². The Morgan fingerprint density at radius 3 is 2.85 bits per heavy atom. The zero-order valence-corrected chi connectivity index (χ0v) is 12.7. The number of fused-ring (bicyclic) bond motifs is 1. The second kappa shape index (κ2) is 4.79. The maximum atomic E-state index is 6.05. The average Bonchev–Trinajstić information content (AvgIpc) is 2.74. The third-order valence-electron chi connectivity index (χ3n) is 3.05. The van der Waals surface area contributed by atoms with Crippen LogP contribution in [0.1, 0.15) is 5.56 Å². The van der Waals surface area contributed by atoms with Crippen LogP contribution in [0.15, 0.2) is 34.9 Å². The van der Waals surface area contributed by atoms with Gasteiger partial charge in [0, 0.05) is 16.7 Å². The highest BCUT2D eigenvalue weighted by atomic mass is 79.9. The summed E-state index contributed by atoms with van der Waals surface area (Å²) in [6.07, 6.45) is 1.80. The van der Waals surface area contributed by atoms with E-state index in [1.807, 2.05) is 31.2 Å². The molecule has 0 saturated carbocycles. The van der Waals surface area contributed by atoms with Gasteiger partial charge in [0.05, 0.1) is 12.8 Å². The fourth-order valence-electron chi connectivity index (χ4n) is 2.11. The van der Waals surface area contributed by atoms with Gasteiger partial charge in [0.1, 0.15) is 11.3 Å². The van der Waals surface area contributed by atoms with Crippen molar-refractivity contribution in [1.82, 2.24) is 14.5 Å². The third kappa shape index (κ3) is 2.02. The largest absolute Gasteiger partial charge is 0.497 e. The van der Waals surface area contributed by atoms with E-state index in [0.717, 1.165) is 32.6 Å². The lowest BCUT2D eigenvalue weighted by Gasteiger charge is -2.10. The van der Waals surface area contributed by atoms with Crippen LogP contribution in [0, 0.1) is 6.92 Å². The van der Waals surface area contributed by atoms with Gasteiger partial charge in [0.2, 0.25) is 5.95 Å². The van der Waals surface area contributed by atoms with E-state index in [2.05, 4.69) is 25.9 Å². The minimum Gasteiger partial charge on any atom is -0.497 e. The van der Waals surface area contributed by atoms with Crippen LogP contribution in [-0.2, 0) is 0 Å². The van der Waals surface area contributed by atoms with Crippen molar-refractivity contribution in [1.29, 1.82) is 0 Å². The number of halogens is 1. The number of aromatic nitrogens is 3. The summed E-state index contributed by atoms with van der Waals surface area (Å²) in [7, 11) is 1.63. The number of rotatable bonds is 2. The molecule has 0 aliphatic rings. The summed E-state index contributed by atoms with van der Waals surface area (Å²) in [6.45, 7) is 1.98. The van der Waals surface area contributed by atoms with Gasteiger partial charge in [0.15, 0.2) is 5.65 Å². The summed E-state index contributed by atoms with van der Waals surface area (Å²) >= 11 is 3.53. The number of hydrogen-bond acceptors (Lipinski definition) is 4.